The number of hydrogen-bond acceptors (Lipinski definition) is 2. The van der Waals surface area contributed by atoms with Crippen molar-refractivity contribution in [1.29, 1.82) is 0 Å². The average molecular weight is 321 g/mol. The largest absolute Gasteiger partial charge is 0.486 e. The predicted molar refractivity (Wildman–Crippen MR) is 80.3 cm³/mol. The van der Waals surface area contributed by atoms with Crippen LogP contribution in [0.15, 0.2) is 53.0 Å². The number of rotatable bonds is 4. The van der Waals surface area contributed by atoms with E-state index in [0.29, 0.717) is 5.75 Å². The Morgan fingerprint density at radius 2 is 1.74 bits per heavy atom. The second kappa shape index (κ2) is 6.22. The van der Waals surface area contributed by atoms with Crippen LogP contribution in [0.2, 0.25) is 0 Å². The summed E-state index contributed by atoms with van der Waals surface area (Å²) in [6.07, 6.45) is -0.612. The van der Waals surface area contributed by atoms with Gasteiger partial charge in [0.1, 0.15) is 11.9 Å². The van der Waals surface area contributed by atoms with Crippen LogP contribution in [0.3, 0.4) is 0 Å². The molecule has 0 saturated heterocycles. The van der Waals surface area contributed by atoms with Gasteiger partial charge in [-0.25, -0.2) is 0 Å². The Hall–Kier alpha value is -1.32. The normalized spacial score (nSPS) is 13.9. The van der Waals surface area contributed by atoms with E-state index in [9.17, 15) is 5.11 Å². The van der Waals surface area contributed by atoms with Gasteiger partial charge in [-0.1, -0.05) is 52.3 Å². The quantitative estimate of drug-likeness (QED) is 0.889. The molecule has 100 valence electrons. The lowest BCUT2D eigenvalue weighted by atomic mass is 10.1. The second-order valence-electron chi connectivity index (χ2n) is 4.53. The maximum Gasteiger partial charge on any atom is 0.127 e. The molecule has 0 aliphatic carbocycles. The molecular weight excluding hydrogens is 304 g/mol. The van der Waals surface area contributed by atoms with Gasteiger partial charge in [0.05, 0.1) is 6.10 Å². The monoisotopic (exact) mass is 320 g/mol. The number of ether oxygens (including phenoxy) is 1. The zero-order chi connectivity index (χ0) is 13.8. The lowest BCUT2D eigenvalue weighted by Gasteiger charge is -2.19. The predicted octanol–water partition coefficient (Wildman–Crippen LogP) is 4.64. The van der Waals surface area contributed by atoms with Crippen molar-refractivity contribution in [3.8, 4) is 5.75 Å². The van der Waals surface area contributed by atoms with Gasteiger partial charge in [-0.15, -0.1) is 0 Å². The summed E-state index contributed by atoms with van der Waals surface area (Å²) in [6, 6.07) is 15.7. The first-order valence-corrected chi connectivity index (χ1v) is 7.06. The minimum absolute atomic E-state index is 0.0620. The lowest BCUT2D eigenvalue weighted by Crippen LogP contribution is -2.06. The van der Waals surface area contributed by atoms with Crippen LogP contribution >= 0.6 is 15.9 Å². The summed E-state index contributed by atoms with van der Waals surface area (Å²) >= 11 is 3.43. The fourth-order valence-electron chi connectivity index (χ4n) is 1.94. The number of benzene rings is 2. The molecule has 1 N–H and O–H groups in total. The van der Waals surface area contributed by atoms with Gasteiger partial charge < -0.3 is 9.84 Å². The second-order valence-corrected chi connectivity index (χ2v) is 5.44. The Morgan fingerprint density at radius 1 is 1.05 bits per heavy atom. The van der Waals surface area contributed by atoms with Crippen LogP contribution in [-0.2, 0) is 0 Å². The van der Waals surface area contributed by atoms with E-state index >= 15 is 0 Å². The van der Waals surface area contributed by atoms with Gasteiger partial charge >= 0.3 is 0 Å². The number of halogens is 1. The minimum atomic E-state index is -0.550. The summed E-state index contributed by atoms with van der Waals surface area (Å²) in [5.74, 6) is 0.709. The molecule has 2 unspecified atom stereocenters. The van der Waals surface area contributed by atoms with Gasteiger partial charge in [-0.05, 0) is 31.5 Å². The third-order valence-corrected chi connectivity index (χ3v) is 3.49. The van der Waals surface area contributed by atoms with Crippen LogP contribution in [0.5, 0.6) is 5.75 Å². The number of aliphatic hydroxyl groups excluding tert-OH is 1. The Labute approximate surface area is 122 Å². The number of aliphatic hydroxyl groups is 1. The van der Waals surface area contributed by atoms with Gasteiger partial charge in [-0.3, -0.25) is 0 Å². The highest BCUT2D eigenvalue weighted by Crippen LogP contribution is 2.32. The van der Waals surface area contributed by atoms with Gasteiger partial charge in [0, 0.05) is 10.0 Å². The summed E-state index contributed by atoms with van der Waals surface area (Å²) in [4.78, 5) is 0. The van der Waals surface area contributed by atoms with Crippen molar-refractivity contribution in [3.05, 3.63) is 64.1 Å². The first-order chi connectivity index (χ1) is 9.08. The topological polar surface area (TPSA) is 29.5 Å². The highest BCUT2D eigenvalue weighted by molar-refractivity contribution is 9.10. The van der Waals surface area contributed by atoms with E-state index in [0.717, 1.165) is 15.6 Å². The molecular formula is C16H17BrO2. The fraction of sp³-hybridized carbons (Fsp3) is 0.250. The molecule has 2 aromatic carbocycles. The molecule has 0 aliphatic rings. The zero-order valence-corrected chi connectivity index (χ0v) is 12.6. The Bertz CT molecular complexity index is 538. The third kappa shape index (κ3) is 3.58. The van der Waals surface area contributed by atoms with Crippen LogP contribution in [-0.4, -0.2) is 5.11 Å². The highest BCUT2D eigenvalue weighted by atomic mass is 79.9. The van der Waals surface area contributed by atoms with Crippen molar-refractivity contribution in [2.45, 2.75) is 26.1 Å². The summed E-state index contributed by atoms with van der Waals surface area (Å²) < 4.78 is 6.92. The van der Waals surface area contributed by atoms with Crippen molar-refractivity contribution in [3.63, 3.8) is 0 Å². The molecule has 3 heteroatoms. The molecule has 0 amide bonds. The maximum atomic E-state index is 9.78. The molecule has 0 saturated carbocycles. The van der Waals surface area contributed by atoms with E-state index in [4.69, 9.17) is 4.74 Å². The molecule has 0 heterocycles. The molecule has 0 bridgehead atoms. The minimum Gasteiger partial charge on any atom is -0.486 e. The SMILES string of the molecule is CC(O)c1ccc(Br)cc1OC(C)c1ccccc1. The maximum absolute atomic E-state index is 9.78. The van der Waals surface area contributed by atoms with Gasteiger partial charge in [0.15, 0.2) is 0 Å². The van der Waals surface area contributed by atoms with Crippen LogP contribution in [0, 0.1) is 0 Å². The van der Waals surface area contributed by atoms with Crippen LogP contribution in [0.1, 0.15) is 37.2 Å². The van der Waals surface area contributed by atoms with Crippen LogP contribution < -0.4 is 4.74 Å². The van der Waals surface area contributed by atoms with E-state index in [1.165, 1.54) is 0 Å². The van der Waals surface area contributed by atoms with Gasteiger partial charge in [0.25, 0.3) is 0 Å². The van der Waals surface area contributed by atoms with Gasteiger partial charge in [-0.2, -0.15) is 0 Å². The Morgan fingerprint density at radius 3 is 2.37 bits per heavy atom. The highest BCUT2D eigenvalue weighted by Gasteiger charge is 2.13. The zero-order valence-electron chi connectivity index (χ0n) is 11.0. The van der Waals surface area contributed by atoms with Crippen molar-refractivity contribution >= 4 is 15.9 Å². The van der Waals surface area contributed by atoms with Crippen molar-refractivity contribution in [2.75, 3.05) is 0 Å². The van der Waals surface area contributed by atoms with E-state index in [1.807, 2.05) is 55.5 Å². The molecule has 2 nitrogen and oxygen atoms in total. The molecule has 2 rings (SSSR count). The molecule has 0 spiro atoms. The Kier molecular flexibility index (Phi) is 4.61. The molecule has 19 heavy (non-hydrogen) atoms. The fourth-order valence-corrected chi connectivity index (χ4v) is 2.28. The van der Waals surface area contributed by atoms with Crippen molar-refractivity contribution < 1.29 is 9.84 Å². The van der Waals surface area contributed by atoms with E-state index in [2.05, 4.69) is 15.9 Å². The summed E-state index contributed by atoms with van der Waals surface area (Å²) in [6.45, 7) is 3.74. The molecule has 0 aliphatic heterocycles. The standard InChI is InChI=1S/C16H17BrO2/c1-11(18)15-9-8-14(17)10-16(15)19-12(2)13-6-4-3-5-7-13/h3-12,18H,1-2H3. The number of hydrogen-bond donors (Lipinski definition) is 1. The van der Waals surface area contributed by atoms with Gasteiger partial charge in [0.2, 0.25) is 0 Å². The van der Waals surface area contributed by atoms with Crippen LogP contribution in [0.4, 0.5) is 0 Å². The summed E-state index contributed by atoms with van der Waals surface area (Å²) in [5, 5.41) is 9.78. The first kappa shape index (κ1) is 14.1. The van der Waals surface area contributed by atoms with Crippen molar-refractivity contribution in [1.82, 2.24) is 0 Å². The van der Waals surface area contributed by atoms with E-state index in [1.54, 1.807) is 6.92 Å². The van der Waals surface area contributed by atoms with E-state index < -0.39 is 6.10 Å². The Balaban J connectivity index is 2.25. The van der Waals surface area contributed by atoms with Crippen LogP contribution in [0.25, 0.3) is 0 Å². The third-order valence-electron chi connectivity index (χ3n) is 3.00. The summed E-state index contributed by atoms with van der Waals surface area (Å²) in [5.41, 5.74) is 1.91. The molecule has 0 aromatic heterocycles. The molecule has 2 atom stereocenters. The molecule has 2 aromatic rings. The lowest BCUT2D eigenvalue weighted by molar-refractivity contribution is 0.179. The molecule has 0 radical (unpaired) electrons. The smallest absolute Gasteiger partial charge is 0.127 e. The first-order valence-electron chi connectivity index (χ1n) is 6.27. The van der Waals surface area contributed by atoms with Crippen molar-refractivity contribution in [2.24, 2.45) is 0 Å². The average Bonchev–Trinajstić information content (AvgIpc) is 2.39. The van der Waals surface area contributed by atoms with E-state index in [-0.39, 0.29) is 6.10 Å². The molecule has 0 fully saturated rings. The summed E-state index contributed by atoms with van der Waals surface area (Å²) in [7, 11) is 0.